The lowest BCUT2D eigenvalue weighted by molar-refractivity contribution is 0.00578. The van der Waals surface area contributed by atoms with Gasteiger partial charge in [-0.1, -0.05) is 32.9 Å². The van der Waals surface area contributed by atoms with Crippen LogP contribution in [0.15, 0.2) is 18.2 Å². The van der Waals surface area contributed by atoms with Gasteiger partial charge in [-0.25, -0.2) is 4.79 Å². The first kappa shape index (κ1) is 30.7. The second-order valence-electron chi connectivity index (χ2n) is 13.2. The van der Waals surface area contributed by atoms with Crippen molar-refractivity contribution in [3.05, 3.63) is 23.8 Å². The lowest BCUT2D eigenvalue weighted by Crippen LogP contribution is -2.44. The van der Waals surface area contributed by atoms with Gasteiger partial charge in [0, 0.05) is 12.1 Å². The van der Waals surface area contributed by atoms with Crippen molar-refractivity contribution in [2.75, 3.05) is 20.3 Å². The number of rotatable bonds is 8. The Hall–Kier alpha value is -1.55. The van der Waals surface area contributed by atoms with Gasteiger partial charge in [0.05, 0.1) is 31.5 Å². The third-order valence-corrected chi connectivity index (χ3v) is 12.0. The Bertz CT molecular complexity index is 904. The highest BCUT2D eigenvalue weighted by Crippen LogP contribution is 2.37. The summed E-state index contributed by atoms with van der Waals surface area (Å²) < 4.78 is 30.2. The molecule has 1 aromatic rings. The highest BCUT2D eigenvalue weighted by Gasteiger charge is 2.51. The maximum Gasteiger partial charge on any atom is 0.494 e. The fourth-order valence-corrected chi connectivity index (χ4v) is 4.45. The fourth-order valence-electron chi connectivity index (χ4n) is 3.41. The van der Waals surface area contributed by atoms with Crippen LogP contribution in [0.1, 0.15) is 74.8 Å². The summed E-state index contributed by atoms with van der Waals surface area (Å²) in [5.41, 5.74) is 0.290. The average molecular weight is 522 g/mol. The molecule has 1 heterocycles. The number of hydrogen-bond acceptors (Lipinski definition) is 6. The van der Waals surface area contributed by atoms with Gasteiger partial charge in [-0.2, -0.15) is 0 Å². The highest BCUT2D eigenvalue weighted by molar-refractivity contribution is 6.74. The van der Waals surface area contributed by atoms with E-state index in [1.165, 1.54) is 0 Å². The number of hydrogen-bond donors (Lipinski definition) is 0. The second kappa shape index (κ2) is 10.7. The normalized spacial score (nSPS) is 17.8. The van der Waals surface area contributed by atoms with Crippen LogP contribution in [0.4, 0.5) is 4.79 Å². The summed E-state index contributed by atoms with van der Waals surface area (Å²) in [6, 6.07) is 5.86. The molecular formula is C27H48BNO6Si. The quantitative estimate of drug-likeness (QED) is 0.406. The van der Waals surface area contributed by atoms with Crippen LogP contribution in [0, 0.1) is 0 Å². The van der Waals surface area contributed by atoms with Crippen molar-refractivity contribution < 1.29 is 28.0 Å². The van der Waals surface area contributed by atoms with E-state index in [0.29, 0.717) is 25.4 Å². The number of carbonyl (C=O) groups excluding carboxylic acids is 1. The van der Waals surface area contributed by atoms with E-state index in [9.17, 15) is 4.79 Å². The lowest BCUT2D eigenvalue weighted by Gasteiger charge is -2.37. The fraction of sp³-hybridized carbons (Fsp3) is 0.741. The van der Waals surface area contributed by atoms with Gasteiger partial charge in [0.25, 0.3) is 0 Å². The predicted octanol–water partition coefficient (Wildman–Crippen LogP) is 5.75. The molecule has 0 aromatic heterocycles. The smallest absolute Gasteiger partial charge is 0.494 e. The second-order valence-corrected chi connectivity index (χ2v) is 18.0. The summed E-state index contributed by atoms with van der Waals surface area (Å²) in [5, 5.41) is 0.0936. The summed E-state index contributed by atoms with van der Waals surface area (Å²) in [7, 11) is -0.799. The number of carbonyl (C=O) groups is 1. The zero-order valence-corrected chi connectivity index (χ0v) is 25.8. The molecule has 1 amide bonds. The molecule has 1 aliphatic heterocycles. The molecule has 0 bridgehead atoms. The lowest BCUT2D eigenvalue weighted by atomic mass is 9.78. The zero-order chi connectivity index (χ0) is 27.7. The van der Waals surface area contributed by atoms with Crippen LogP contribution < -0.4 is 10.2 Å². The molecule has 2 rings (SSSR count). The predicted molar refractivity (Wildman–Crippen MR) is 149 cm³/mol. The molecule has 0 N–H and O–H groups in total. The van der Waals surface area contributed by atoms with Gasteiger partial charge in [0.1, 0.15) is 11.4 Å². The zero-order valence-electron chi connectivity index (χ0n) is 24.8. The maximum absolute atomic E-state index is 13.1. The van der Waals surface area contributed by atoms with Crippen LogP contribution in [0.3, 0.4) is 0 Å². The number of methoxy groups -OCH3 is 1. The SMILES string of the molecule is COc1cc(B2OC(C)(C)C(C)(C)O2)ccc1CN(CCO[Si](C)(C)C(C)(C)C)C(=O)OC(C)(C)C. The topological polar surface area (TPSA) is 66.5 Å². The molecule has 1 fully saturated rings. The van der Waals surface area contributed by atoms with Crippen LogP contribution in [-0.2, 0) is 25.0 Å². The number of nitrogens with zero attached hydrogens (tertiary/aromatic N) is 1. The van der Waals surface area contributed by atoms with E-state index in [2.05, 4.69) is 33.9 Å². The Balaban J connectivity index is 2.24. The third-order valence-electron chi connectivity index (χ3n) is 7.48. The Kier molecular flexibility index (Phi) is 9.09. The standard InChI is InChI=1S/C27H48BNO6Si/c1-24(2,3)33-23(30)29(16-17-32-36(12,13)25(4,5)6)19-20-14-15-21(18-22(20)31-11)28-34-26(7,8)27(9,10)35-28/h14-15,18H,16-17,19H2,1-13H3. The van der Waals surface area contributed by atoms with Crippen molar-refractivity contribution in [1.29, 1.82) is 0 Å². The first-order valence-corrected chi connectivity index (χ1v) is 15.7. The van der Waals surface area contributed by atoms with Crippen molar-refractivity contribution in [1.82, 2.24) is 4.90 Å². The molecule has 1 saturated heterocycles. The largest absolute Gasteiger partial charge is 0.496 e. The summed E-state index contributed by atoms with van der Waals surface area (Å²) in [4.78, 5) is 14.8. The van der Waals surface area contributed by atoms with Crippen molar-refractivity contribution in [2.45, 2.75) is 111 Å². The first-order valence-electron chi connectivity index (χ1n) is 12.8. The Labute approximate surface area is 220 Å². The van der Waals surface area contributed by atoms with Gasteiger partial charge >= 0.3 is 13.2 Å². The molecule has 0 spiro atoms. The van der Waals surface area contributed by atoms with E-state index in [-0.39, 0.29) is 11.1 Å². The van der Waals surface area contributed by atoms with Gasteiger partial charge in [0.15, 0.2) is 8.32 Å². The van der Waals surface area contributed by atoms with Crippen LogP contribution in [0.2, 0.25) is 18.1 Å². The summed E-state index contributed by atoms with van der Waals surface area (Å²) in [6.07, 6.45) is -0.376. The molecule has 0 unspecified atom stereocenters. The molecule has 0 saturated carbocycles. The highest BCUT2D eigenvalue weighted by atomic mass is 28.4. The summed E-state index contributed by atoms with van der Waals surface area (Å²) in [5.74, 6) is 0.668. The van der Waals surface area contributed by atoms with Gasteiger partial charge in [-0.15, -0.1) is 0 Å². The minimum Gasteiger partial charge on any atom is -0.496 e. The Morgan fingerprint density at radius 2 is 1.58 bits per heavy atom. The molecule has 0 aliphatic carbocycles. The van der Waals surface area contributed by atoms with Gasteiger partial charge < -0.3 is 28.1 Å². The molecule has 9 heteroatoms. The average Bonchev–Trinajstić information content (AvgIpc) is 2.92. The van der Waals surface area contributed by atoms with Gasteiger partial charge in [-0.05, 0) is 78.1 Å². The molecule has 1 aliphatic rings. The molecule has 7 nitrogen and oxygen atoms in total. The molecule has 0 atom stereocenters. The van der Waals surface area contributed by atoms with Crippen molar-refractivity contribution in [3.63, 3.8) is 0 Å². The minimum atomic E-state index is -1.94. The molecule has 0 radical (unpaired) electrons. The Morgan fingerprint density at radius 3 is 2.06 bits per heavy atom. The van der Waals surface area contributed by atoms with E-state index >= 15 is 0 Å². The van der Waals surface area contributed by atoms with Crippen molar-refractivity contribution >= 4 is 27.0 Å². The maximum atomic E-state index is 13.1. The van der Waals surface area contributed by atoms with E-state index in [0.717, 1.165) is 11.0 Å². The number of benzene rings is 1. The van der Waals surface area contributed by atoms with E-state index in [1.54, 1.807) is 12.0 Å². The van der Waals surface area contributed by atoms with Gasteiger partial charge in [-0.3, -0.25) is 0 Å². The number of amides is 1. The molecule has 204 valence electrons. The Morgan fingerprint density at radius 1 is 1.03 bits per heavy atom. The number of ether oxygens (including phenoxy) is 2. The van der Waals surface area contributed by atoms with Crippen molar-refractivity contribution in [2.24, 2.45) is 0 Å². The monoisotopic (exact) mass is 521 g/mol. The van der Waals surface area contributed by atoms with Crippen LogP contribution in [0.25, 0.3) is 0 Å². The summed E-state index contributed by atoms with van der Waals surface area (Å²) >= 11 is 0. The van der Waals surface area contributed by atoms with Crippen LogP contribution in [0.5, 0.6) is 5.75 Å². The molecule has 36 heavy (non-hydrogen) atoms. The van der Waals surface area contributed by atoms with E-state index in [1.807, 2.05) is 66.7 Å². The summed E-state index contributed by atoms with van der Waals surface area (Å²) in [6.45, 7) is 26.0. The van der Waals surface area contributed by atoms with E-state index in [4.69, 9.17) is 23.2 Å². The first-order chi connectivity index (χ1) is 16.2. The van der Waals surface area contributed by atoms with Crippen molar-refractivity contribution in [3.8, 4) is 5.75 Å². The van der Waals surface area contributed by atoms with E-state index < -0.39 is 32.2 Å². The van der Waals surface area contributed by atoms with Crippen LogP contribution in [-0.4, -0.2) is 63.5 Å². The minimum absolute atomic E-state index is 0.0936. The van der Waals surface area contributed by atoms with Crippen LogP contribution >= 0.6 is 0 Å². The van der Waals surface area contributed by atoms with Gasteiger partial charge in [0.2, 0.25) is 0 Å². The molecule has 1 aromatic carbocycles. The molecular weight excluding hydrogens is 473 g/mol. The third kappa shape index (κ3) is 7.49.